The van der Waals surface area contributed by atoms with Gasteiger partial charge in [0.2, 0.25) is 0 Å². The molecule has 0 fully saturated rings. The Morgan fingerprint density at radius 2 is 1.80 bits per heavy atom. The minimum absolute atomic E-state index is 0.00999. The molecule has 0 N–H and O–H groups in total. The van der Waals surface area contributed by atoms with Gasteiger partial charge in [-0.05, 0) is 29.8 Å². The Hall–Kier alpha value is -1.89. The molecule has 0 aliphatic rings. The van der Waals surface area contributed by atoms with Gasteiger partial charge in [0, 0.05) is 5.02 Å². The summed E-state index contributed by atoms with van der Waals surface area (Å²) in [6.07, 6.45) is 0. The fraction of sp³-hybridized carbons (Fsp3) is 0.0667. The number of nitriles is 1. The summed E-state index contributed by atoms with van der Waals surface area (Å²) in [4.78, 5) is 12.3. The lowest BCUT2D eigenvalue weighted by molar-refractivity contribution is 0.0975. The molecule has 2 aromatic rings. The van der Waals surface area contributed by atoms with Crippen molar-refractivity contribution in [1.29, 1.82) is 5.26 Å². The number of halogens is 3. The van der Waals surface area contributed by atoms with E-state index in [-0.39, 0.29) is 10.6 Å². The van der Waals surface area contributed by atoms with Crippen LogP contribution >= 0.6 is 23.2 Å². The van der Waals surface area contributed by atoms with Crippen LogP contribution in [0.3, 0.4) is 0 Å². The molecule has 0 saturated heterocycles. The third-order valence-electron chi connectivity index (χ3n) is 2.80. The summed E-state index contributed by atoms with van der Waals surface area (Å²) < 4.78 is 13.7. The Bertz CT molecular complexity index is 672. The molecular formula is C15H8Cl2FNO. The van der Waals surface area contributed by atoms with Crippen LogP contribution in [-0.2, 0) is 0 Å². The number of nitrogens with zero attached hydrogens (tertiary/aromatic N) is 1. The van der Waals surface area contributed by atoms with E-state index in [1.165, 1.54) is 12.1 Å². The van der Waals surface area contributed by atoms with Crippen molar-refractivity contribution in [2.45, 2.75) is 5.92 Å². The van der Waals surface area contributed by atoms with Crippen molar-refractivity contribution in [3.8, 4) is 6.07 Å². The molecular weight excluding hydrogens is 300 g/mol. The van der Waals surface area contributed by atoms with Crippen LogP contribution in [0.5, 0.6) is 0 Å². The minimum atomic E-state index is -1.12. The molecule has 1 atom stereocenters. The van der Waals surface area contributed by atoms with Crippen LogP contribution in [0.1, 0.15) is 21.8 Å². The molecule has 0 saturated carbocycles. The summed E-state index contributed by atoms with van der Waals surface area (Å²) in [7, 11) is 0. The van der Waals surface area contributed by atoms with Crippen LogP contribution in [-0.4, -0.2) is 5.78 Å². The first-order valence-corrected chi connectivity index (χ1v) is 6.43. The largest absolute Gasteiger partial charge is 0.292 e. The van der Waals surface area contributed by atoms with Gasteiger partial charge in [0.15, 0.2) is 5.78 Å². The Labute approximate surface area is 125 Å². The smallest absolute Gasteiger partial charge is 0.188 e. The van der Waals surface area contributed by atoms with Gasteiger partial charge in [-0.3, -0.25) is 4.79 Å². The number of carbonyl (C=O) groups excluding carboxylic acids is 1. The Morgan fingerprint density at radius 1 is 1.15 bits per heavy atom. The van der Waals surface area contributed by atoms with Crippen LogP contribution in [0, 0.1) is 17.1 Å². The van der Waals surface area contributed by atoms with E-state index in [0.717, 1.165) is 6.07 Å². The third-order valence-corrected chi connectivity index (χ3v) is 3.37. The highest BCUT2D eigenvalue weighted by Crippen LogP contribution is 2.27. The number of hydrogen-bond acceptors (Lipinski definition) is 2. The number of benzene rings is 2. The van der Waals surface area contributed by atoms with Gasteiger partial charge in [-0.1, -0.05) is 41.4 Å². The standard InChI is InChI=1S/C15H8Cl2FNO/c16-10-6-4-9(5-7-10)11(8-19)15(20)14-12(17)2-1-3-13(14)18/h1-7,11H. The molecule has 2 aromatic carbocycles. The van der Waals surface area contributed by atoms with Gasteiger partial charge in [-0.25, -0.2) is 4.39 Å². The monoisotopic (exact) mass is 307 g/mol. The van der Waals surface area contributed by atoms with Crippen molar-refractivity contribution in [3.05, 3.63) is 69.5 Å². The number of rotatable bonds is 3. The second-order valence-electron chi connectivity index (χ2n) is 4.07. The van der Waals surface area contributed by atoms with E-state index in [0.29, 0.717) is 10.6 Å². The fourth-order valence-corrected chi connectivity index (χ4v) is 2.20. The number of carbonyl (C=O) groups is 1. The molecule has 2 rings (SSSR count). The van der Waals surface area contributed by atoms with Crippen molar-refractivity contribution in [2.24, 2.45) is 0 Å². The van der Waals surface area contributed by atoms with Gasteiger partial charge in [0.1, 0.15) is 11.7 Å². The lowest BCUT2D eigenvalue weighted by atomic mass is 9.91. The van der Waals surface area contributed by atoms with Gasteiger partial charge < -0.3 is 0 Å². The van der Waals surface area contributed by atoms with Gasteiger partial charge in [-0.2, -0.15) is 5.26 Å². The molecule has 0 aliphatic carbocycles. The highest BCUT2D eigenvalue weighted by Gasteiger charge is 2.26. The van der Waals surface area contributed by atoms with Crippen LogP contribution in [0.25, 0.3) is 0 Å². The highest BCUT2D eigenvalue weighted by atomic mass is 35.5. The Kier molecular flexibility index (Phi) is 4.39. The van der Waals surface area contributed by atoms with Crippen LogP contribution in [0.2, 0.25) is 10.0 Å². The number of ketones is 1. The highest BCUT2D eigenvalue weighted by molar-refractivity contribution is 6.34. The van der Waals surface area contributed by atoms with Crippen molar-refractivity contribution in [3.63, 3.8) is 0 Å². The van der Waals surface area contributed by atoms with Gasteiger partial charge in [-0.15, -0.1) is 0 Å². The second kappa shape index (κ2) is 6.04. The van der Waals surface area contributed by atoms with E-state index >= 15 is 0 Å². The van der Waals surface area contributed by atoms with Crippen molar-refractivity contribution >= 4 is 29.0 Å². The first-order chi connectivity index (χ1) is 9.54. The molecule has 100 valence electrons. The van der Waals surface area contributed by atoms with Crippen LogP contribution in [0.15, 0.2) is 42.5 Å². The summed E-state index contributed by atoms with van der Waals surface area (Å²) in [5, 5.41) is 9.67. The summed E-state index contributed by atoms with van der Waals surface area (Å²) in [6, 6.07) is 12.1. The zero-order valence-electron chi connectivity index (χ0n) is 10.1. The summed E-state index contributed by atoms with van der Waals surface area (Å²) in [6.45, 7) is 0. The average Bonchev–Trinajstić information content (AvgIpc) is 2.41. The molecule has 0 aromatic heterocycles. The first-order valence-electron chi connectivity index (χ1n) is 5.68. The molecule has 0 heterocycles. The molecule has 1 unspecified atom stereocenters. The maximum atomic E-state index is 13.7. The third kappa shape index (κ3) is 2.82. The van der Waals surface area contributed by atoms with E-state index < -0.39 is 17.5 Å². The predicted molar refractivity (Wildman–Crippen MR) is 75.5 cm³/mol. The summed E-state index contributed by atoms with van der Waals surface area (Å²) in [5.41, 5.74) is 0.178. The van der Waals surface area contributed by atoms with E-state index in [1.807, 2.05) is 6.07 Å². The van der Waals surface area contributed by atoms with Crippen molar-refractivity contribution in [2.75, 3.05) is 0 Å². The van der Waals surface area contributed by atoms with E-state index in [1.54, 1.807) is 24.3 Å². The fourth-order valence-electron chi connectivity index (χ4n) is 1.82. The molecule has 5 heteroatoms. The molecule has 0 bridgehead atoms. The summed E-state index contributed by atoms with van der Waals surface area (Å²) >= 11 is 11.6. The average molecular weight is 308 g/mol. The first kappa shape index (κ1) is 14.5. The topological polar surface area (TPSA) is 40.9 Å². The molecule has 0 radical (unpaired) electrons. The molecule has 2 nitrogen and oxygen atoms in total. The van der Waals surface area contributed by atoms with E-state index in [2.05, 4.69) is 0 Å². The van der Waals surface area contributed by atoms with Crippen molar-refractivity contribution in [1.82, 2.24) is 0 Å². The van der Waals surface area contributed by atoms with Crippen LogP contribution < -0.4 is 0 Å². The predicted octanol–water partition coefficient (Wildman–Crippen LogP) is 4.62. The molecule has 0 aliphatic heterocycles. The lowest BCUT2D eigenvalue weighted by Crippen LogP contribution is -2.13. The van der Waals surface area contributed by atoms with Crippen LogP contribution in [0.4, 0.5) is 4.39 Å². The quantitative estimate of drug-likeness (QED) is 0.776. The summed E-state index contributed by atoms with van der Waals surface area (Å²) in [5.74, 6) is -2.53. The van der Waals surface area contributed by atoms with Gasteiger partial charge in [0.05, 0.1) is 16.7 Å². The zero-order chi connectivity index (χ0) is 14.7. The van der Waals surface area contributed by atoms with E-state index in [4.69, 9.17) is 23.2 Å². The molecule has 20 heavy (non-hydrogen) atoms. The maximum Gasteiger partial charge on any atom is 0.188 e. The number of Topliss-reactive ketones (excluding diaryl/α,β-unsaturated/α-hetero) is 1. The van der Waals surface area contributed by atoms with E-state index in [9.17, 15) is 14.4 Å². The Balaban J connectivity index is 2.45. The van der Waals surface area contributed by atoms with Gasteiger partial charge in [0.25, 0.3) is 0 Å². The lowest BCUT2D eigenvalue weighted by Gasteiger charge is -2.10. The second-order valence-corrected chi connectivity index (χ2v) is 4.92. The molecule has 0 amide bonds. The minimum Gasteiger partial charge on any atom is -0.292 e. The zero-order valence-corrected chi connectivity index (χ0v) is 11.6. The van der Waals surface area contributed by atoms with Crippen molar-refractivity contribution < 1.29 is 9.18 Å². The van der Waals surface area contributed by atoms with Gasteiger partial charge >= 0.3 is 0 Å². The normalized spacial score (nSPS) is 11.7. The SMILES string of the molecule is N#CC(C(=O)c1c(F)cccc1Cl)c1ccc(Cl)cc1. The maximum absolute atomic E-state index is 13.7. The Morgan fingerprint density at radius 3 is 2.35 bits per heavy atom. The molecule has 0 spiro atoms. The number of hydrogen-bond donors (Lipinski definition) is 0.